The van der Waals surface area contributed by atoms with Gasteiger partial charge in [0.1, 0.15) is 11.3 Å². The zero-order valence-electron chi connectivity index (χ0n) is 12.0. The Balaban J connectivity index is 0.00000176. The van der Waals surface area contributed by atoms with Crippen LogP contribution in [0.5, 0.6) is 0 Å². The average molecular weight is 324 g/mol. The number of carbonyl (C=O) groups is 1. The van der Waals surface area contributed by atoms with Crippen molar-refractivity contribution in [2.24, 2.45) is 0 Å². The van der Waals surface area contributed by atoms with Crippen molar-refractivity contribution in [3.63, 3.8) is 0 Å². The Morgan fingerprint density at radius 2 is 2.05 bits per heavy atom. The molecule has 0 bridgehead atoms. The molecule has 0 spiro atoms. The van der Waals surface area contributed by atoms with Gasteiger partial charge in [-0.1, -0.05) is 0 Å². The highest BCUT2D eigenvalue weighted by molar-refractivity contribution is 5.94. The Morgan fingerprint density at radius 1 is 1.18 bits per heavy atom. The van der Waals surface area contributed by atoms with Gasteiger partial charge in [-0.15, -0.1) is 12.4 Å². The van der Waals surface area contributed by atoms with Crippen molar-refractivity contribution in [1.82, 2.24) is 15.2 Å². The van der Waals surface area contributed by atoms with E-state index in [-0.39, 0.29) is 29.4 Å². The molecule has 22 heavy (non-hydrogen) atoms. The smallest absolute Gasteiger partial charge is 0.261 e. The SMILES string of the molecule is Cl.O=C(c1ccc(-c2ccco2)[nH]c1=O)N1CCCNCC1. The van der Waals surface area contributed by atoms with Gasteiger partial charge in [0.25, 0.3) is 11.5 Å². The molecule has 0 aliphatic carbocycles. The van der Waals surface area contributed by atoms with E-state index in [9.17, 15) is 9.59 Å². The summed E-state index contributed by atoms with van der Waals surface area (Å²) in [5.74, 6) is 0.357. The largest absolute Gasteiger partial charge is 0.463 e. The second-order valence-electron chi connectivity index (χ2n) is 4.99. The van der Waals surface area contributed by atoms with Crippen molar-refractivity contribution in [3.05, 3.63) is 46.4 Å². The van der Waals surface area contributed by atoms with E-state index in [1.54, 1.807) is 29.2 Å². The van der Waals surface area contributed by atoms with Gasteiger partial charge in [-0.3, -0.25) is 9.59 Å². The number of nitrogens with zero attached hydrogens (tertiary/aromatic N) is 1. The van der Waals surface area contributed by atoms with Gasteiger partial charge in [-0.25, -0.2) is 0 Å². The Labute approximate surface area is 133 Å². The maximum absolute atomic E-state index is 12.4. The van der Waals surface area contributed by atoms with E-state index in [1.807, 2.05) is 0 Å². The first kappa shape index (κ1) is 16.3. The van der Waals surface area contributed by atoms with Crippen LogP contribution in [0.25, 0.3) is 11.5 Å². The number of aromatic amines is 1. The first-order chi connectivity index (χ1) is 10.3. The molecule has 1 amide bonds. The van der Waals surface area contributed by atoms with Crippen LogP contribution in [0.4, 0.5) is 0 Å². The molecule has 3 rings (SSSR count). The van der Waals surface area contributed by atoms with E-state index in [0.717, 1.165) is 19.5 Å². The van der Waals surface area contributed by atoms with Crippen molar-refractivity contribution in [2.75, 3.05) is 26.2 Å². The Hall–Kier alpha value is -2.05. The number of rotatable bonds is 2. The van der Waals surface area contributed by atoms with Crippen molar-refractivity contribution in [2.45, 2.75) is 6.42 Å². The summed E-state index contributed by atoms with van der Waals surface area (Å²) in [6.07, 6.45) is 2.44. The van der Waals surface area contributed by atoms with Crippen LogP contribution in [-0.2, 0) is 0 Å². The van der Waals surface area contributed by atoms with E-state index < -0.39 is 0 Å². The van der Waals surface area contributed by atoms with Gasteiger partial charge in [0.15, 0.2) is 0 Å². The van der Waals surface area contributed by atoms with Gasteiger partial charge >= 0.3 is 0 Å². The van der Waals surface area contributed by atoms with E-state index in [1.165, 1.54) is 6.26 Å². The highest BCUT2D eigenvalue weighted by Crippen LogP contribution is 2.16. The Morgan fingerprint density at radius 3 is 2.77 bits per heavy atom. The fourth-order valence-electron chi connectivity index (χ4n) is 2.44. The molecule has 7 heteroatoms. The molecule has 1 saturated heterocycles. The highest BCUT2D eigenvalue weighted by Gasteiger charge is 2.20. The van der Waals surface area contributed by atoms with Crippen LogP contribution in [0.1, 0.15) is 16.8 Å². The number of nitrogens with one attached hydrogen (secondary N) is 2. The second-order valence-corrected chi connectivity index (χ2v) is 4.99. The maximum atomic E-state index is 12.4. The first-order valence-electron chi connectivity index (χ1n) is 7.03. The molecule has 0 atom stereocenters. The molecule has 2 aromatic heterocycles. The molecule has 0 aromatic carbocycles. The maximum Gasteiger partial charge on any atom is 0.261 e. The van der Waals surface area contributed by atoms with Gasteiger partial charge in [-0.05, 0) is 37.2 Å². The lowest BCUT2D eigenvalue weighted by molar-refractivity contribution is 0.0764. The van der Waals surface area contributed by atoms with Crippen molar-refractivity contribution in [3.8, 4) is 11.5 Å². The lowest BCUT2D eigenvalue weighted by Crippen LogP contribution is -2.37. The summed E-state index contributed by atoms with van der Waals surface area (Å²) in [5.41, 5.74) is 0.359. The Bertz CT molecular complexity index is 674. The molecule has 1 fully saturated rings. The quantitative estimate of drug-likeness (QED) is 0.877. The monoisotopic (exact) mass is 323 g/mol. The minimum absolute atomic E-state index is 0. The van der Waals surface area contributed by atoms with Crippen LogP contribution >= 0.6 is 12.4 Å². The lowest BCUT2D eigenvalue weighted by Gasteiger charge is -2.19. The molecule has 6 nitrogen and oxygen atoms in total. The minimum atomic E-state index is -0.383. The number of hydrogen-bond acceptors (Lipinski definition) is 4. The fourth-order valence-corrected chi connectivity index (χ4v) is 2.44. The molecule has 2 N–H and O–H groups in total. The third kappa shape index (κ3) is 3.40. The number of halogens is 1. The van der Waals surface area contributed by atoms with Crippen LogP contribution in [0.15, 0.2) is 39.7 Å². The lowest BCUT2D eigenvalue weighted by atomic mass is 10.2. The van der Waals surface area contributed by atoms with Crippen LogP contribution in [0, 0.1) is 0 Å². The fraction of sp³-hybridized carbons (Fsp3) is 0.333. The van der Waals surface area contributed by atoms with Gasteiger partial charge in [0.05, 0.1) is 12.0 Å². The summed E-state index contributed by atoms with van der Waals surface area (Å²) >= 11 is 0. The van der Waals surface area contributed by atoms with E-state index in [2.05, 4.69) is 10.3 Å². The molecule has 1 aliphatic rings. The second kappa shape index (κ2) is 7.29. The van der Waals surface area contributed by atoms with Crippen molar-refractivity contribution < 1.29 is 9.21 Å². The summed E-state index contributed by atoms with van der Waals surface area (Å²) in [6.45, 7) is 2.95. The van der Waals surface area contributed by atoms with Crippen LogP contribution in [0.2, 0.25) is 0 Å². The summed E-state index contributed by atoms with van der Waals surface area (Å²) in [6, 6.07) is 6.77. The normalized spacial score (nSPS) is 15.0. The molecule has 118 valence electrons. The molecule has 0 radical (unpaired) electrons. The Kier molecular flexibility index (Phi) is 5.41. The third-order valence-electron chi connectivity index (χ3n) is 3.55. The minimum Gasteiger partial charge on any atom is -0.463 e. The van der Waals surface area contributed by atoms with Gasteiger partial charge in [0, 0.05) is 19.6 Å². The molecule has 0 saturated carbocycles. The third-order valence-corrected chi connectivity index (χ3v) is 3.55. The summed E-state index contributed by atoms with van der Waals surface area (Å²) in [7, 11) is 0. The van der Waals surface area contributed by atoms with E-state index in [4.69, 9.17) is 4.42 Å². The van der Waals surface area contributed by atoms with Crippen LogP contribution in [-0.4, -0.2) is 42.0 Å². The number of pyridine rings is 1. The number of amides is 1. The number of furan rings is 1. The predicted octanol–water partition coefficient (Wildman–Crippen LogP) is 1.49. The van der Waals surface area contributed by atoms with Gasteiger partial charge < -0.3 is 19.6 Å². The molecule has 1 aliphatic heterocycles. The van der Waals surface area contributed by atoms with Crippen molar-refractivity contribution >= 4 is 18.3 Å². The highest BCUT2D eigenvalue weighted by atomic mass is 35.5. The standard InChI is InChI=1S/C15H17N3O3.ClH/c19-14-11(15(20)18-8-2-6-16-7-9-18)4-5-12(17-14)13-3-1-10-21-13;/h1,3-5,10,16H,2,6-9H2,(H,17,19);1H. The summed E-state index contributed by atoms with van der Waals surface area (Å²) in [5, 5.41) is 3.23. The summed E-state index contributed by atoms with van der Waals surface area (Å²) < 4.78 is 5.23. The van der Waals surface area contributed by atoms with E-state index >= 15 is 0 Å². The summed E-state index contributed by atoms with van der Waals surface area (Å²) in [4.78, 5) is 29.0. The zero-order valence-corrected chi connectivity index (χ0v) is 12.8. The number of aromatic nitrogens is 1. The number of carbonyl (C=O) groups excluding carboxylic acids is 1. The number of hydrogen-bond donors (Lipinski definition) is 2. The number of H-pyrrole nitrogens is 1. The van der Waals surface area contributed by atoms with Gasteiger partial charge in [0.2, 0.25) is 0 Å². The van der Waals surface area contributed by atoms with Crippen LogP contribution < -0.4 is 10.9 Å². The van der Waals surface area contributed by atoms with Gasteiger partial charge in [-0.2, -0.15) is 0 Å². The molecule has 2 aromatic rings. The van der Waals surface area contributed by atoms with Crippen LogP contribution in [0.3, 0.4) is 0 Å². The van der Waals surface area contributed by atoms with Crippen molar-refractivity contribution in [1.29, 1.82) is 0 Å². The molecule has 0 unspecified atom stereocenters. The first-order valence-corrected chi connectivity index (χ1v) is 7.03. The van der Waals surface area contributed by atoms with E-state index in [0.29, 0.717) is 24.5 Å². The predicted molar refractivity (Wildman–Crippen MR) is 85.4 cm³/mol. The molecular formula is C15H18ClN3O3. The molecular weight excluding hydrogens is 306 g/mol. The zero-order chi connectivity index (χ0) is 14.7. The topological polar surface area (TPSA) is 78.3 Å². The average Bonchev–Trinajstić information content (AvgIpc) is 2.89. The molecule has 3 heterocycles.